The lowest BCUT2D eigenvalue weighted by Crippen LogP contribution is -1.99. The van der Waals surface area contributed by atoms with Crippen LogP contribution in [0.1, 0.15) is 28.5 Å². The normalized spacial score (nSPS) is 10.8. The third kappa shape index (κ3) is 2.79. The van der Waals surface area contributed by atoms with Crippen molar-refractivity contribution in [3.05, 3.63) is 65.6 Å². The van der Waals surface area contributed by atoms with Crippen LogP contribution >= 0.6 is 0 Å². The number of hydrogen-bond donors (Lipinski definition) is 0. The molecule has 0 N–H and O–H groups in total. The molecule has 0 fully saturated rings. The topological polar surface area (TPSA) is 43.6 Å². The number of nitrogens with zero attached hydrogens (tertiary/aromatic N) is 2. The minimum absolute atomic E-state index is 0.0602. The first-order chi connectivity index (χ1) is 10.1. The molecule has 0 amide bonds. The van der Waals surface area contributed by atoms with Crippen LogP contribution in [-0.4, -0.2) is 15.2 Å². The average Bonchev–Trinajstić information content (AvgIpc) is 2.88. The highest BCUT2D eigenvalue weighted by Gasteiger charge is 2.06. The fourth-order valence-electron chi connectivity index (χ4n) is 2.24. The van der Waals surface area contributed by atoms with Gasteiger partial charge in [-0.3, -0.25) is 4.79 Å². The van der Waals surface area contributed by atoms with Crippen molar-refractivity contribution in [2.45, 2.75) is 20.5 Å². The molecule has 0 unspecified atom stereocenters. The molecular formula is C17H16N2O2. The third-order valence-electron chi connectivity index (χ3n) is 3.37. The molecule has 0 atom stereocenters. The van der Waals surface area contributed by atoms with Gasteiger partial charge in [0.1, 0.15) is 18.0 Å². The number of aromatic nitrogens is 2. The van der Waals surface area contributed by atoms with E-state index < -0.39 is 0 Å². The van der Waals surface area contributed by atoms with E-state index in [1.165, 1.54) is 0 Å². The van der Waals surface area contributed by atoms with Gasteiger partial charge >= 0.3 is 0 Å². The second-order valence-electron chi connectivity index (χ2n) is 5.02. The summed E-state index contributed by atoms with van der Waals surface area (Å²) in [6.07, 6.45) is 3.91. The molecule has 4 nitrogen and oxygen atoms in total. The molecule has 0 saturated heterocycles. The highest BCUT2D eigenvalue weighted by Crippen LogP contribution is 2.20. The highest BCUT2D eigenvalue weighted by molar-refractivity contribution is 5.94. The van der Waals surface area contributed by atoms with Crippen LogP contribution in [0.3, 0.4) is 0 Å². The lowest BCUT2D eigenvalue weighted by atomic mass is 10.1. The first-order valence-electron chi connectivity index (χ1n) is 6.80. The van der Waals surface area contributed by atoms with Crippen molar-refractivity contribution in [2.24, 2.45) is 0 Å². The SMILES string of the molecule is CC(=O)c1ccc(OCc2cn3ccccc3n2)c(C)c1. The van der Waals surface area contributed by atoms with Gasteiger partial charge < -0.3 is 9.14 Å². The molecule has 106 valence electrons. The van der Waals surface area contributed by atoms with Crippen molar-refractivity contribution in [1.82, 2.24) is 9.38 Å². The van der Waals surface area contributed by atoms with Crippen LogP contribution in [0.5, 0.6) is 5.75 Å². The summed E-state index contributed by atoms with van der Waals surface area (Å²) in [4.78, 5) is 15.8. The first-order valence-corrected chi connectivity index (χ1v) is 6.80. The number of benzene rings is 1. The number of ketones is 1. The van der Waals surface area contributed by atoms with E-state index in [4.69, 9.17) is 4.74 Å². The van der Waals surface area contributed by atoms with Crippen molar-refractivity contribution < 1.29 is 9.53 Å². The van der Waals surface area contributed by atoms with Gasteiger partial charge in [-0.2, -0.15) is 0 Å². The van der Waals surface area contributed by atoms with Crippen LogP contribution in [-0.2, 0) is 6.61 Å². The van der Waals surface area contributed by atoms with E-state index in [0.717, 1.165) is 22.7 Å². The lowest BCUT2D eigenvalue weighted by molar-refractivity contribution is 0.101. The average molecular weight is 280 g/mol. The summed E-state index contributed by atoms with van der Waals surface area (Å²) < 4.78 is 7.76. The molecule has 0 bridgehead atoms. The van der Waals surface area contributed by atoms with Crippen LogP contribution in [0.4, 0.5) is 0 Å². The van der Waals surface area contributed by atoms with Gasteiger partial charge in [-0.25, -0.2) is 4.98 Å². The molecule has 0 radical (unpaired) electrons. The number of carbonyl (C=O) groups is 1. The van der Waals surface area contributed by atoms with Crippen LogP contribution in [0.15, 0.2) is 48.8 Å². The van der Waals surface area contributed by atoms with Crippen molar-refractivity contribution in [3.8, 4) is 5.75 Å². The number of imidazole rings is 1. The van der Waals surface area contributed by atoms with E-state index in [1.54, 1.807) is 13.0 Å². The van der Waals surface area contributed by atoms with Crippen LogP contribution < -0.4 is 4.74 Å². The summed E-state index contributed by atoms with van der Waals surface area (Å²) in [5, 5.41) is 0. The quantitative estimate of drug-likeness (QED) is 0.688. The molecule has 1 aromatic carbocycles. The Morgan fingerprint density at radius 3 is 2.86 bits per heavy atom. The summed E-state index contributed by atoms with van der Waals surface area (Å²) in [6, 6.07) is 11.3. The Balaban J connectivity index is 1.76. The number of carbonyl (C=O) groups excluding carboxylic acids is 1. The predicted octanol–water partition coefficient (Wildman–Crippen LogP) is 3.42. The minimum atomic E-state index is 0.0602. The molecule has 21 heavy (non-hydrogen) atoms. The van der Waals surface area contributed by atoms with E-state index in [9.17, 15) is 4.79 Å². The molecule has 0 saturated carbocycles. The number of rotatable bonds is 4. The van der Waals surface area contributed by atoms with Gasteiger partial charge in [0.05, 0.1) is 5.69 Å². The lowest BCUT2D eigenvalue weighted by Gasteiger charge is -2.08. The Morgan fingerprint density at radius 1 is 1.29 bits per heavy atom. The standard InChI is InChI=1S/C17H16N2O2/c1-12-9-14(13(2)20)6-7-16(12)21-11-15-10-19-8-4-3-5-17(19)18-15/h3-10H,11H2,1-2H3. The second kappa shape index (κ2) is 5.40. The zero-order chi connectivity index (χ0) is 14.8. The van der Waals surface area contributed by atoms with Crippen LogP contribution in [0.2, 0.25) is 0 Å². The number of aryl methyl sites for hydroxylation is 1. The highest BCUT2D eigenvalue weighted by atomic mass is 16.5. The van der Waals surface area contributed by atoms with Crippen LogP contribution in [0.25, 0.3) is 5.65 Å². The molecule has 2 aromatic heterocycles. The molecule has 0 aliphatic rings. The van der Waals surface area contributed by atoms with Crippen molar-refractivity contribution in [2.75, 3.05) is 0 Å². The summed E-state index contributed by atoms with van der Waals surface area (Å²) in [5.74, 6) is 0.835. The second-order valence-corrected chi connectivity index (χ2v) is 5.02. The van der Waals surface area contributed by atoms with E-state index in [2.05, 4.69) is 4.98 Å². The summed E-state index contributed by atoms with van der Waals surface area (Å²) in [6.45, 7) is 3.90. The Morgan fingerprint density at radius 2 is 2.14 bits per heavy atom. The zero-order valence-corrected chi connectivity index (χ0v) is 12.0. The minimum Gasteiger partial charge on any atom is -0.487 e. The van der Waals surface area contributed by atoms with Gasteiger partial charge in [0.2, 0.25) is 0 Å². The summed E-state index contributed by atoms with van der Waals surface area (Å²) >= 11 is 0. The zero-order valence-electron chi connectivity index (χ0n) is 12.0. The molecule has 0 aliphatic carbocycles. The number of hydrogen-bond acceptors (Lipinski definition) is 3. The van der Waals surface area contributed by atoms with Gasteiger partial charge in [-0.15, -0.1) is 0 Å². The maximum atomic E-state index is 11.3. The summed E-state index contributed by atoms with van der Waals surface area (Å²) in [7, 11) is 0. The fraction of sp³-hybridized carbons (Fsp3) is 0.176. The summed E-state index contributed by atoms with van der Waals surface area (Å²) in [5.41, 5.74) is 3.43. The number of ether oxygens (including phenoxy) is 1. The van der Waals surface area contributed by atoms with Crippen molar-refractivity contribution >= 4 is 11.4 Å². The van der Waals surface area contributed by atoms with Gasteiger partial charge in [0.15, 0.2) is 5.78 Å². The maximum Gasteiger partial charge on any atom is 0.159 e. The van der Waals surface area contributed by atoms with Gasteiger partial charge in [-0.1, -0.05) is 6.07 Å². The maximum absolute atomic E-state index is 11.3. The van der Waals surface area contributed by atoms with E-state index in [1.807, 2.05) is 54.0 Å². The third-order valence-corrected chi connectivity index (χ3v) is 3.37. The van der Waals surface area contributed by atoms with E-state index >= 15 is 0 Å². The monoisotopic (exact) mass is 280 g/mol. The number of fused-ring (bicyclic) bond motifs is 1. The number of pyridine rings is 1. The molecule has 0 aliphatic heterocycles. The Labute approximate surface area is 123 Å². The Kier molecular flexibility index (Phi) is 3.44. The first kappa shape index (κ1) is 13.4. The van der Waals surface area contributed by atoms with Gasteiger partial charge in [0.25, 0.3) is 0 Å². The molecule has 3 aromatic rings. The molecular weight excluding hydrogens is 264 g/mol. The molecule has 2 heterocycles. The predicted molar refractivity (Wildman–Crippen MR) is 80.7 cm³/mol. The fourth-order valence-corrected chi connectivity index (χ4v) is 2.24. The van der Waals surface area contributed by atoms with Crippen molar-refractivity contribution in [3.63, 3.8) is 0 Å². The van der Waals surface area contributed by atoms with E-state index in [-0.39, 0.29) is 5.78 Å². The molecule has 3 rings (SSSR count). The molecule has 4 heteroatoms. The Bertz CT molecular complexity index is 772. The van der Waals surface area contributed by atoms with Crippen LogP contribution in [0, 0.1) is 6.92 Å². The number of Topliss-reactive ketones (excluding diaryl/α,β-unsaturated/α-hetero) is 1. The van der Waals surface area contributed by atoms with E-state index in [0.29, 0.717) is 12.2 Å². The Hall–Kier alpha value is -2.62. The molecule has 0 spiro atoms. The van der Waals surface area contributed by atoms with Gasteiger partial charge in [0, 0.05) is 18.0 Å². The largest absolute Gasteiger partial charge is 0.487 e. The van der Waals surface area contributed by atoms with Gasteiger partial charge in [-0.05, 0) is 49.7 Å². The van der Waals surface area contributed by atoms with Crippen molar-refractivity contribution in [1.29, 1.82) is 0 Å². The smallest absolute Gasteiger partial charge is 0.159 e.